The number of hydrogen-bond acceptors (Lipinski definition) is 1. The molecule has 0 saturated heterocycles. The van der Waals surface area contributed by atoms with E-state index in [0.717, 1.165) is 22.3 Å². The molecule has 1 aliphatic carbocycles. The zero-order chi connectivity index (χ0) is 33.2. The summed E-state index contributed by atoms with van der Waals surface area (Å²) in [6, 6.07) is 52.5. The molecule has 0 fully saturated rings. The van der Waals surface area contributed by atoms with E-state index in [9.17, 15) is 0 Å². The summed E-state index contributed by atoms with van der Waals surface area (Å²) in [6.07, 6.45) is 0. The summed E-state index contributed by atoms with van der Waals surface area (Å²) in [5.41, 5.74) is 18.1. The topological polar surface area (TPSA) is 12.9 Å². The van der Waals surface area contributed by atoms with E-state index in [1.165, 1.54) is 66.6 Å². The van der Waals surface area contributed by atoms with Crippen molar-refractivity contribution in [3.8, 4) is 66.9 Å². The average molecular weight is 811 g/mol. The van der Waals surface area contributed by atoms with Crippen molar-refractivity contribution in [2.45, 2.75) is 52.4 Å². The van der Waals surface area contributed by atoms with Crippen LogP contribution in [0.4, 0.5) is 0 Å². The Kier molecular flexibility index (Phi) is 8.30. The van der Waals surface area contributed by atoms with Crippen LogP contribution < -0.4 is 0 Å². The Balaban J connectivity index is 0.00000378. The first-order chi connectivity index (χ1) is 23.0. The first kappa shape index (κ1) is 32.9. The van der Waals surface area contributed by atoms with Crippen LogP contribution in [0.3, 0.4) is 0 Å². The standard InChI is InChI=1S/C47H40N.Ir/c1-46(2,3)37-21-17-30(18-22-37)34-26-35(31-19-23-38(24-20-31)47(4,5)6)28-36(27-34)32-11-9-12-33(25-32)44-29-42-40-14-8-7-13-39(40)41-15-10-16-43(48-44)45(41)42;/h7-11,13-29H,1-6H3;/q-1;. The minimum absolute atomic E-state index is 0. The summed E-state index contributed by atoms with van der Waals surface area (Å²) in [7, 11) is 0. The van der Waals surface area contributed by atoms with Crippen molar-refractivity contribution >= 4 is 10.9 Å². The maximum Gasteiger partial charge on any atom is 0.0607 e. The molecular weight excluding hydrogens is 771 g/mol. The SMILES string of the molecule is CC(C)(C)c1ccc(-c2cc(-c3ccc(C(C)(C)C)cc3)cc(-c3cc[c-]c(-c4cc5c6c(cccc6n4)-c4ccccc4-5)c3)c2)cc1.[Ir]. The summed E-state index contributed by atoms with van der Waals surface area (Å²) in [5.74, 6) is 0. The van der Waals surface area contributed by atoms with E-state index >= 15 is 0 Å². The monoisotopic (exact) mass is 811 g/mol. The fourth-order valence-corrected chi connectivity index (χ4v) is 7.06. The molecule has 0 spiro atoms. The normalized spacial score (nSPS) is 12.1. The summed E-state index contributed by atoms with van der Waals surface area (Å²) in [6.45, 7) is 13.6. The van der Waals surface area contributed by atoms with Crippen molar-refractivity contribution < 1.29 is 20.1 Å². The molecule has 1 aliphatic rings. The van der Waals surface area contributed by atoms with E-state index < -0.39 is 0 Å². The van der Waals surface area contributed by atoms with Gasteiger partial charge in [0, 0.05) is 25.5 Å². The van der Waals surface area contributed by atoms with Crippen LogP contribution in [-0.4, -0.2) is 4.98 Å². The number of benzene rings is 6. The van der Waals surface area contributed by atoms with Crippen LogP contribution in [-0.2, 0) is 30.9 Å². The zero-order valence-electron chi connectivity index (χ0n) is 29.0. The second kappa shape index (κ2) is 12.4. The number of aromatic nitrogens is 1. The van der Waals surface area contributed by atoms with E-state index in [1.54, 1.807) is 0 Å². The minimum atomic E-state index is 0. The summed E-state index contributed by atoms with van der Waals surface area (Å²) >= 11 is 0. The van der Waals surface area contributed by atoms with Gasteiger partial charge in [-0.2, -0.15) is 0 Å². The van der Waals surface area contributed by atoms with Crippen LogP contribution >= 0.6 is 0 Å². The fraction of sp³-hybridized carbons (Fsp3) is 0.170. The Hall–Kier alpha value is -4.62. The molecule has 7 aromatic rings. The van der Waals surface area contributed by atoms with E-state index in [4.69, 9.17) is 4.98 Å². The fourth-order valence-electron chi connectivity index (χ4n) is 7.06. The van der Waals surface area contributed by atoms with Crippen LogP contribution in [0, 0.1) is 6.07 Å². The predicted molar refractivity (Wildman–Crippen MR) is 204 cm³/mol. The largest absolute Gasteiger partial charge is 0.296 e. The second-order valence-electron chi connectivity index (χ2n) is 15.2. The van der Waals surface area contributed by atoms with Gasteiger partial charge in [0.25, 0.3) is 0 Å². The maximum absolute atomic E-state index is 5.18. The molecule has 0 saturated carbocycles. The van der Waals surface area contributed by atoms with Gasteiger partial charge in [0.05, 0.1) is 5.52 Å². The molecule has 0 unspecified atom stereocenters. The van der Waals surface area contributed by atoms with Gasteiger partial charge in [-0.15, -0.1) is 35.4 Å². The third kappa shape index (κ3) is 6.10. The molecule has 0 bridgehead atoms. The van der Waals surface area contributed by atoms with Gasteiger partial charge >= 0.3 is 0 Å². The number of pyridine rings is 1. The number of hydrogen-bond donors (Lipinski definition) is 0. The van der Waals surface area contributed by atoms with E-state index in [2.05, 4.69) is 175 Å². The number of nitrogens with zero attached hydrogens (tertiary/aromatic N) is 1. The van der Waals surface area contributed by atoms with Crippen LogP contribution in [0.5, 0.6) is 0 Å². The zero-order valence-corrected chi connectivity index (χ0v) is 31.4. The van der Waals surface area contributed by atoms with Crippen molar-refractivity contribution in [2.75, 3.05) is 0 Å². The van der Waals surface area contributed by atoms with E-state index in [0.29, 0.717) is 0 Å². The minimum Gasteiger partial charge on any atom is -0.296 e. The van der Waals surface area contributed by atoms with Gasteiger partial charge in [0.1, 0.15) is 0 Å². The Morgan fingerprint density at radius 1 is 0.449 bits per heavy atom. The third-order valence-corrected chi connectivity index (χ3v) is 9.85. The predicted octanol–water partition coefficient (Wildman–Crippen LogP) is 12.9. The van der Waals surface area contributed by atoms with E-state index in [1.807, 2.05) is 6.07 Å². The number of fused-ring (bicyclic) bond motifs is 3. The van der Waals surface area contributed by atoms with Gasteiger partial charge in [-0.3, -0.25) is 4.98 Å². The molecule has 1 nitrogen and oxygen atoms in total. The van der Waals surface area contributed by atoms with Crippen molar-refractivity contribution in [1.82, 2.24) is 4.98 Å². The summed E-state index contributed by atoms with van der Waals surface area (Å²) in [4.78, 5) is 5.18. The van der Waals surface area contributed by atoms with Gasteiger partial charge < -0.3 is 0 Å². The first-order valence-corrected chi connectivity index (χ1v) is 17.0. The molecule has 49 heavy (non-hydrogen) atoms. The summed E-state index contributed by atoms with van der Waals surface area (Å²) in [5, 5.41) is 1.24. The first-order valence-electron chi connectivity index (χ1n) is 17.0. The molecule has 0 amide bonds. The van der Waals surface area contributed by atoms with Crippen LogP contribution in [0.25, 0.3) is 77.8 Å². The Labute approximate surface area is 304 Å². The molecule has 6 aromatic carbocycles. The van der Waals surface area contributed by atoms with Crippen LogP contribution in [0.2, 0.25) is 0 Å². The molecule has 1 radical (unpaired) electrons. The van der Waals surface area contributed by atoms with Gasteiger partial charge in [-0.05, 0) is 102 Å². The molecule has 1 heterocycles. The quantitative estimate of drug-likeness (QED) is 0.161. The van der Waals surface area contributed by atoms with Crippen molar-refractivity contribution in [1.29, 1.82) is 0 Å². The summed E-state index contributed by atoms with van der Waals surface area (Å²) < 4.78 is 0. The van der Waals surface area contributed by atoms with Gasteiger partial charge in [0.15, 0.2) is 0 Å². The molecule has 1 aromatic heterocycles. The Morgan fingerprint density at radius 3 is 1.51 bits per heavy atom. The third-order valence-electron chi connectivity index (χ3n) is 9.85. The van der Waals surface area contributed by atoms with Gasteiger partial charge in [-0.1, -0.05) is 133 Å². The Morgan fingerprint density at radius 2 is 0.959 bits per heavy atom. The molecule has 8 rings (SSSR count). The Bertz CT molecular complexity index is 2260. The van der Waals surface area contributed by atoms with Crippen molar-refractivity contribution in [2.24, 2.45) is 0 Å². The second-order valence-corrected chi connectivity index (χ2v) is 15.2. The average Bonchev–Trinajstić information content (AvgIpc) is 3.42. The van der Waals surface area contributed by atoms with Crippen LogP contribution in [0.1, 0.15) is 52.7 Å². The number of rotatable bonds is 4. The van der Waals surface area contributed by atoms with Crippen molar-refractivity contribution in [3.05, 3.63) is 151 Å². The van der Waals surface area contributed by atoms with E-state index in [-0.39, 0.29) is 30.9 Å². The molecule has 0 atom stereocenters. The maximum atomic E-state index is 5.18. The molecule has 2 heteroatoms. The van der Waals surface area contributed by atoms with Gasteiger partial charge in [-0.25, -0.2) is 0 Å². The molecule has 0 aliphatic heterocycles. The smallest absolute Gasteiger partial charge is 0.0607 e. The van der Waals surface area contributed by atoms with Crippen molar-refractivity contribution in [3.63, 3.8) is 0 Å². The molecule has 243 valence electrons. The van der Waals surface area contributed by atoms with Crippen LogP contribution in [0.15, 0.2) is 133 Å². The molecule has 0 N–H and O–H groups in total. The van der Waals surface area contributed by atoms with Gasteiger partial charge in [0.2, 0.25) is 0 Å². The molecular formula is C47H40IrN-.